The number of aryl methyl sites for hydroxylation is 1. The van der Waals surface area contributed by atoms with Gasteiger partial charge in [-0.3, -0.25) is 9.59 Å². The molecule has 2 rings (SSSR count). The van der Waals surface area contributed by atoms with Crippen molar-refractivity contribution in [1.29, 1.82) is 0 Å². The van der Waals surface area contributed by atoms with Crippen molar-refractivity contribution < 1.29 is 14.3 Å². The van der Waals surface area contributed by atoms with Gasteiger partial charge in [-0.2, -0.15) is 0 Å². The van der Waals surface area contributed by atoms with Gasteiger partial charge in [-0.05, 0) is 56.0 Å². The Morgan fingerprint density at radius 1 is 1.09 bits per heavy atom. The van der Waals surface area contributed by atoms with Gasteiger partial charge in [0.05, 0.1) is 6.61 Å². The molecule has 0 fully saturated rings. The molecule has 1 N–H and O–H groups in total. The van der Waals surface area contributed by atoms with E-state index in [9.17, 15) is 9.59 Å². The Morgan fingerprint density at radius 3 is 2.50 bits per heavy atom. The van der Waals surface area contributed by atoms with Gasteiger partial charge in [0.2, 0.25) is 11.8 Å². The minimum absolute atomic E-state index is 0.0382. The lowest BCUT2D eigenvalue weighted by molar-refractivity contribution is -0.141. The second-order valence-electron chi connectivity index (χ2n) is 7.99. The minimum Gasteiger partial charge on any atom is -0.494 e. The van der Waals surface area contributed by atoms with Gasteiger partial charge < -0.3 is 15.0 Å². The van der Waals surface area contributed by atoms with Crippen molar-refractivity contribution in [2.75, 3.05) is 13.2 Å². The van der Waals surface area contributed by atoms with Crippen molar-refractivity contribution in [1.82, 2.24) is 10.2 Å². The number of carbonyl (C=O) groups is 2. The molecule has 32 heavy (non-hydrogen) atoms. The van der Waals surface area contributed by atoms with Crippen molar-refractivity contribution in [3.8, 4) is 5.75 Å². The Hall–Kier alpha value is -2.53. The number of nitrogens with one attached hydrogen (secondary N) is 1. The number of nitrogens with zero attached hydrogens (tertiary/aromatic N) is 1. The van der Waals surface area contributed by atoms with Crippen LogP contribution < -0.4 is 10.1 Å². The SMILES string of the molecule is CCCCNC(=O)C(CC)N(Cc1cccc(C)c1)C(=O)CCCOc1ccc(Cl)cc1. The molecule has 2 aromatic rings. The van der Waals surface area contributed by atoms with Crippen LogP contribution in [0, 0.1) is 6.92 Å². The Kier molecular flexibility index (Phi) is 11.1. The normalized spacial score (nSPS) is 11.6. The van der Waals surface area contributed by atoms with Crippen LogP contribution in [0.15, 0.2) is 48.5 Å². The van der Waals surface area contributed by atoms with Crippen LogP contribution in [0.2, 0.25) is 5.02 Å². The zero-order chi connectivity index (χ0) is 23.3. The molecule has 0 bridgehead atoms. The molecule has 0 aromatic heterocycles. The van der Waals surface area contributed by atoms with E-state index in [1.54, 1.807) is 17.0 Å². The summed E-state index contributed by atoms with van der Waals surface area (Å²) in [7, 11) is 0. The number of hydrogen-bond donors (Lipinski definition) is 1. The number of carbonyl (C=O) groups excluding carboxylic acids is 2. The van der Waals surface area contributed by atoms with Gasteiger partial charge >= 0.3 is 0 Å². The third-order valence-electron chi connectivity index (χ3n) is 5.27. The Bertz CT molecular complexity index is 854. The largest absolute Gasteiger partial charge is 0.494 e. The van der Waals surface area contributed by atoms with E-state index < -0.39 is 6.04 Å². The number of ether oxygens (including phenoxy) is 1. The standard InChI is InChI=1S/C26H35ClN2O3/c1-4-6-16-28-26(31)24(5-2)29(19-21-10-7-9-20(3)18-21)25(30)11-8-17-32-23-14-12-22(27)13-15-23/h7,9-10,12-15,18,24H,4-6,8,11,16-17,19H2,1-3H3,(H,28,31). The van der Waals surface area contributed by atoms with Gasteiger partial charge in [0, 0.05) is 24.5 Å². The highest BCUT2D eigenvalue weighted by Gasteiger charge is 2.28. The molecule has 0 radical (unpaired) electrons. The zero-order valence-corrected chi connectivity index (χ0v) is 20.2. The van der Waals surface area contributed by atoms with Gasteiger partial charge in [0.1, 0.15) is 11.8 Å². The predicted molar refractivity (Wildman–Crippen MR) is 130 cm³/mol. The van der Waals surface area contributed by atoms with Crippen molar-refractivity contribution in [3.05, 3.63) is 64.7 Å². The summed E-state index contributed by atoms with van der Waals surface area (Å²) >= 11 is 5.90. The fourth-order valence-electron chi connectivity index (χ4n) is 3.52. The highest BCUT2D eigenvalue weighted by Crippen LogP contribution is 2.17. The van der Waals surface area contributed by atoms with Crippen LogP contribution in [-0.4, -0.2) is 35.9 Å². The summed E-state index contributed by atoms with van der Waals surface area (Å²) in [6.07, 6.45) is 3.39. The van der Waals surface area contributed by atoms with E-state index in [1.807, 2.05) is 44.2 Å². The van der Waals surface area contributed by atoms with Crippen molar-refractivity contribution in [3.63, 3.8) is 0 Å². The molecule has 2 amide bonds. The molecular formula is C26H35ClN2O3. The molecule has 1 unspecified atom stereocenters. The monoisotopic (exact) mass is 458 g/mol. The van der Waals surface area contributed by atoms with Gasteiger partial charge in [0.25, 0.3) is 0 Å². The van der Waals surface area contributed by atoms with E-state index >= 15 is 0 Å². The Labute approximate surface area is 197 Å². The van der Waals surface area contributed by atoms with E-state index in [2.05, 4.69) is 18.3 Å². The number of hydrogen-bond acceptors (Lipinski definition) is 3. The van der Waals surface area contributed by atoms with E-state index in [0.717, 1.165) is 29.7 Å². The summed E-state index contributed by atoms with van der Waals surface area (Å²) in [6.45, 7) is 7.53. The third kappa shape index (κ3) is 8.54. The van der Waals surface area contributed by atoms with Crippen LogP contribution >= 0.6 is 11.6 Å². The van der Waals surface area contributed by atoms with Crippen molar-refractivity contribution in [2.45, 2.75) is 65.5 Å². The van der Waals surface area contributed by atoms with E-state index in [0.29, 0.717) is 44.0 Å². The second-order valence-corrected chi connectivity index (χ2v) is 8.42. The predicted octanol–water partition coefficient (Wildman–Crippen LogP) is 5.53. The molecule has 5 nitrogen and oxygen atoms in total. The van der Waals surface area contributed by atoms with Crippen LogP contribution in [0.25, 0.3) is 0 Å². The third-order valence-corrected chi connectivity index (χ3v) is 5.52. The molecule has 174 valence electrons. The Balaban J connectivity index is 2.03. The van der Waals surface area contributed by atoms with Crippen molar-refractivity contribution >= 4 is 23.4 Å². The summed E-state index contributed by atoms with van der Waals surface area (Å²) < 4.78 is 5.72. The lowest BCUT2D eigenvalue weighted by Crippen LogP contribution is -2.49. The van der Waals surface area contributed by atoms with Crippen LogP contribution in [0.4, 0.5) is 0 Å². The van der Waals surface area contributed by atoms with Crippen LogP contribution in [-0.2, 0) is 16.1 Å². The van der Waals surface area contributed by atoms with E-state index in [4.69, 9.17) is 16.3 Å². The van der Waals surface area contributed by atoms with Crippen LogP contribution in [0.5, 0.6) is 5.75 Å². The van der Waals surface area contributed by atoms with E-state index in [-0.39, 0.29) is 11.8 Å². The molecule has 0 aliphatic heterocycles. The molecule has 0 aliphatic rings. The number of amides is 2. The quantitative estimate of drug-likeness (QED) is 0.401. The average molecular weight is 459 g/mol. The maximum atomic E-state index is 13.2. The molecule has 0 aliphatic carbocycles. The number of unbranched alkanes of at least 4 members (excludes halogenated alkanes) is 1. The second kappa shape index (κ2) is 13.8. The topological polar surface area (TPSA) is 58.6 Å². The zero-order valence-electron chi connectivity index (χ0n) is 19.4. The molecule has 0 spiro atoms. The minimum atomic E-state index is -0.489. The van der Waals surface area contributed by atoms with Crippen LogP contribution in [0.1, 0.15) is 57.1 Å². The van der Waals surface area contributed by atoms with Gasteiger partial charge in [-0.1, -0.05) is 61.7 Å². The van der Waals surface area contributed by atoms with Crippen molar-refractivity contribution in [2.24, 2.45) is 0 Å². The fourth-order valence-corrected chi connectivity index (χ4v) is 3.65. The smallest absolute Gasteiger partial charge is 0.242 e. The summed E-state index contributed by atoms with van der Waals surface area (Å²) in [5, 5.41) is 3.65. The molecule has 6 heteroatoms. The highest BCUT2D eigenvalue weighted by molar-refractivity contribution is 6.30. The van der Waals surface area contributed by atoms with Gasteiger partial charge in [-0.25, -0.2) is 0 Å². The lowest BCUT2D eigenvalue weighted by atomic mass is 10.1. The fraction of sp³-hybridized carbons (Fsp3) is 0.462. The first kappa shape index (κ1) is 25.7. The first-order valence-corrected chi connectivity index (χ1v) is 11.8. The number of halogens is 1. The first-order valence-electron chi connectivity index (χ1n) is 11.5. The lowest BCUT2D eigenvalue weighted by Gasteiger charge is -2.31. The highest BCUT2D eigenvalue weighted by atomic mass is 35.5. The summed E-state index contributed by atoms with van der Waals surface area (Å²) in [5.74, 6) is 0.600. The summed E-state index contributed by atoms with van der Waals surface area (Å²) in [5.41, 5.74) is 2.15. The molecule has 0 saturated heterocycles. The first-order chi connectivity index (χ1) is 15.4. The Morgan fingerprint density at radius 2 is 1.84 bits per heavy atom. The van der Waals surface area contributed by atoms with Gasteiger partial charge in [0.15, 0.2) is 0 Å². The number of benzene rings is 2. The van der Waals surface area contributed by atoms with Crippen LogP contribution in [0.3, 0.4) is 0 Å². The molecule has 0 saturated carbocycles. The molecule has 0 heterocycles. The average Bonchev–Trinajstić information content (AvgIpc) is 2.78. The summed E-state index contributed by atoms with van der Waals surface area (Å²) in [6, 6.07) is 14.7. The maximum Gasteiger partial charge on any atom is 0.242 e. The number of rotatable bonds is 13. The molecule has 1 atom stereocenters. The maximum absolute atomic E-state index is 13.2. The van der Waals surface area contributed by atoms with E-state index in [1.165, 1.54) is 0 Å². The molecular weight excluding hydrogens is 424 g/mol. The molecule has 2 aromatic carbocycles. The summed E-state index contributed by atoms with van der Waals surface area (Å²) in [4.78, 5) is 27.8. The van der Waals surface area contributed by atoms with Gasteiger partial charge in [-0.15, -0.1) is 0 Å².